The molecule has 2 N–H and O–H groups in total. The van der Waals surface area contributed by atoms with Crippen LogP contribution in [-0.2, 0) is 9.53 Å². The van der Waals surface area contributed by atoms with E-state index >= 15 is 0 Å². The summed E-state index contributed by atoms with van der Waals surface area (Å²) in [5.41, 5.74) is 1.45. The molecule has 6 heteroatoms. The molecule has 1 aliphatic carbocycles. The van der Waals surface area contributed by atoms with Gasteiger partial charge in [0.1, 0.15) is 5.41 Å². The number of para-hydroxylation sites is 1. The quantitative estimate of drug-likeness (QED) is 0.597. The van der Waals surface area contributed by atoms with Crippen molar-refractivity contribution >= 4 is 22.7 Å². The zero-order chi connectivity index (χ0) is 19.3. The minimum Gasteiger partial charge on any atom is -0.468 e. The predicted octanol–water partition coefficient (Wildman–Crippen LogP) is 2.46. The zero-order valence-electron chi connectivity index (χ0n) is 15.8. The molecule has 0 bridgehead atoms. The van der Waals surface area contributed by atoms with E-state index in [9.17, 15) is 14.7 Å². The van der Waals surface area contributed by atoms with Crippen LogP contribution in [0.1, 0.15) is 35.5 Å². The molecule has 2 heterocycles. The summed E-state index contributed by atoms with van der Waals surface area (Å²) in [5.74, 6) is -0.954. The number of ether oxygens (including phenoxy) is 1. The molecule has 2 aromatic rings. The molecule has 142 valence electrons. The van der Waals surface area contributed by atoms with Crippen LogP contribution in [0.5, 0.6) is 0 Å². The summed E-state index contributed by atoms with van der Waals surface area (Å²) in [6.07, 6.45) is 0.972. The van der Waals surface area contributed by atoms with E-state index in [1.165, 1.54) is 7.11 Å². The fourth-order valence-corrected chi connectivity index (χ4v) is 4.97. The minimum absolute atomic E-state index is 0.0834. The van der Waals surface area contributed by atoms with E-state index in [-0.39, 0.29) is 12.2 Å². The number of ketones is 1. The monoisotopic (exact) mass is 368 g/mol. The first-order valence-electron chi connectivity index (χ1n) is 9.18. The van der Waals surface area contributed by atoms with Crippen molar-refractivity contribution in [2.45, 2.75) is 19.4 Å². The van der Waals surface area contributed by atoms with E-state index in [1.54, 1.807) is 0 Å². The number of aromatic nitrogens is 1. The van der Waals surface area contributed by atoms with Crippen molar-refractivity contribution < 1.29 is 19.4 Å². The van der Waals surface area contributed by atoms with Gasteiger partial charge in [0.15, 0.2) is 5.78 Å². The van der Waals surface area contributed by atoms with Crippen LogP contribution in [0.3, 0.4) is 0 Å². The maximum absolute atomic E-state index is 13.1. The van der Waals surface area contributed by atoms with Gasteiger partial charge in [0, 0.05) is 41.9 Å². The van der Waals surface area contributed by atoms with Crippen LogP contribution in [0.2, 0.25) is 0 Å². The number of aliphatic hydroxyl groups is 1. The van der Waals surface area contributed by atoms with E-state index in [1.807, 2.05) is 49.2 Å². The van der Waals surface area contributed by atoms with Crippen molar-refractivity contribution in [3.05, 3.63) is 47.2 Å². The summed E-state index contributed by atoms with van der Waals surface area (Å²) in [4.78, 5) is 31.4. The summed E-state index contributed by atoms with van der Waals surface area (Å²) < 4.78 is 5.18. The number of likely N-dealkylation sites (tertiary alicyclic amines) is 1. The highest BCUT2D eigenvalue weighted by Gasteiger charge is 2.59. The SMILES string of the molecule is CC=C1CN(C)C[C@]2(C(=O)OC)[C@H]1CC(=O)c1[nH]c3ccccc3c1[C@@H]2O. The van der Waals surface area contributed by atoms with E-state index in [4.69, 9.17) is 4.74 Å². The average Bonchev–Trinajstić information content (AvgIpc) is 3.03. The number of fused-ring (bicyclic) bond motifs is 4. The number of Topliss-reactive ketones (excluding diaryl/α,β-unsaturated/α-hetero) is 1. The molecule has 1 aromatic heterocycles. The van der Waals surface area contributed by atoms with Crippen molar-refractivity contribution in [2.75, 3.05) is 27.2 Å². The minimum atomic E-state index is -1.23. The van der Waals surface area contributed by atoms with E-state index in [0.29, 0.717) is 24.3 Å². The number of carbonyl (C=O) groups excluding carboxylic acids is 2. The first-order chi connectivity index (χ1) is 12.9. The highest BCUT2D eigenvalue weighted by molar-refractivity contribution is 6.04. The molecule has 1 saturated heterocycles. The number of piperidine rings is 1. The van der Waals surface area contributed by atoms with Crippen LogP contribution >= 0.6 is 0 Å². The molecule has 0 unspecified atom stereocenters. The number of carbonyl (C=O) groups is 2. The van der Waals surface area contributed by atoms with Gasteiger partial charge in [0.2, 0.25) is 0 Å². The van der Waals surface area contributed by atoms with Crippen LogP contribution in [0.15, 0.2) is 35.9 Å². The van der Waals surface area contributed by atoms with Crippen LogP contribution in [0.4, 0.5) is 0 Å². The molecule has 0 amide bonds. The third-order valence-electron chi connectivity index (χ3n) is 6.17. The molecular formula is C21H24N2O4. The lowest BCUT2D eigenvalue weighted by Gasteiger charge is -2.48. The number of allylic oxidation sites excluding steroid dienone is 1. The number of aromatic amines is 1. The topological polar surface area (TPSA) is 82.6 Å². The van der Waals surface area contributed by atoms with Crippen LogP contribution < -0.4 is 0 Å². The Labute approximate surface area is 157 Å². The van der Waals surface area contributed by atoms with E-state index in [2.05, 4.69) is 4.98 Å². The van der Waals surface area contributed by atoms with Crippen molar-refractivity contribution in [1.82, 2.24) is 9.88 Å². The predicted molar refractivity (Wildman–Crippen MR) is 101 cm³/mol. The molecule has 3 atom stereocenters. The Balaban J connectivity index is 2.03. The second kappa shape index (κ2) is 6.32. The van der Waals surface area contributed by atoms with Crippen LogP contribution in [0, 0.1) is 11.3 Å². The van der Waals surface area contributed by atoms with Crippen molar-refractivity contribution in [3.63, 3.8) is 0 Å². The third-order valence-corrected chi connectivity index (χ3v) is 6.17. The van der Waals surface area contributed by atoms with E-state index < -0.39 is 23.4 Å². The summed E-state index contributed by atoms with van der Waals surface area (Å²) in [6, 6.07) is 7.48. The highest BCUT2D eigenvalue weighted by atomic mass is 16.5. The second-order valence-electron chi connectivity index (χ2n) is 7.61. The maximum Gasteiger partial charge on any atom is 0.316 e. The van der Waals surface area contributed by atoms with Gasteiger partial charge in [-0.3, -0.25) is 9.59 Å². The van der Waals surface area contributed by atoms with Gasteiger partial charge in [-0.2, -0.15) is 0 Å². The van der Waals surface area contributed by atoms with Crippen LogP contribution in [-0.4, -0.2) is 54.0 Å². The first-order valence-corrected chi connectivity index (χ1v) is 9.18. The Bertz CT molecular complexity index is 960. The molecule has 6 nitrogen and oxygen atoms in total. The van der Waals surface area contributed by atoms with Crippen LogP contribution in [0.25, 0.3) is 10.9 Å². The number of methoxy groups -OCH3 is 1. The molecule has 0 radical (unpaired) electrons. The second-order valence-corrected chi connectivity index (χ2v) is 7.61. The molecule has 0 spiro atoms. The lowest BCUT2D eigenvalue weighted by atomic mass is 9.63. The lowest BCUT2D eigenvalue weighted by molar-refractivity contribution is -0.170. The smallest absolute Gasteiger partial charge is 0.316 e. The Morgan fingerprint density at radius 2 is 2.15 bits per heavy atom. The largest absolute Gasteiger partial charge is 0.468 e. The number of H-pyrrole nitrogens is 1. The summed E-state index contributed by atoms with van der Waals surface area (Å²) in [6.45, 7) is 2.90. The van der Waals surface area contributed by atoms with Gasteiger partial charge in [-0.25, -0.2) is 0 Å². The fourth-order valence-electron chi connectivity index (χ4n) is 4.97. The van der Waals surface area contributed by atoms with Gasteiger partial charge in [-0.15, -0.1) is 0 Å². The van der Waals surface area contributed by atoms with Gasteiger partial charge >= 0.3 is 5.97 Å². The number of nitrogens with one attached hydrogen (secondary N) is 1. The standard InChI is InChI=1S/C21H24N2O4/c1-4-12-10-23(2)11-21(20(26)27-3)14(12)9-16(24)18-17(19(21)25)13-7-5-6-8-15(13)22-18/h4-8,14,19,22,25H,9-11H2,1-3H3/t14-,19-,21-/m0/s1. The number of hydrogen-bond acceptors (Lipinski definition) is 5. The van der Waals surface area contributed by atoms with Crippen molar-refractivity contribution in [2.24, 2.45) is 11.3 Å². The number of aliphatic hydroxyl groups excluding tert-OH is 1. The number of likely N-dealkylation sites (N-methyl/N-ethyl adjacent to an activating group) is 1. The van der Waals surface area contributed by atoms with Crippen molar-refractivity contribution in [3.8, 4) is 0 Å². The van der Waals surface area contributed by atoms with Crippen molar-refractivity contribution in [1.29, 1.82) is 0 Å². The number of nitrogens with zero attached hydrogens (tertiary/aromatic N) is 1. The number of benzene rings is 1. The normalized spacial score (nSPS) is 30.1. The summed E-state index contributed by atoms with van der Waals surface area (Å²) in [5, 5.41) is 12.4. The molecule has 2 aliphatic rings. The summed E-state index contributed by atoms with van der Waals surface area (Å²) >= 11 is 0. The average molecular weight is 368 g/mol. The molecule has 1 aliphatic heterocycles. The Morgan fingerprint density at radius 1 is 1.41 bits per heavy atom. The Kier molecular flexibility index (Phi) is 4.20. The van der Waals surface area contributed by atoms with Gasteiger partial charge in [0.05, 0.1) is 18.9 Å². The molecule has 1 aromatic carbocycles. The maximum atomic E-state index is 13.1. The van der Waals surface area contributed by atoms with E-state index in [0.717, 1.165) is 16.5 Å². The Hall–Kier alpha value is -2.44. The number of hydrogen-bond donors (Lipinski definition) is 2. The molecule has 0 saturated carbocycles. The lowest BCUT2D eigenvalue weighted by Crippen LogP contribution is -2.56. The highest BCUT2D eigenvalue weighted by Crippen LogP contribution is 2.53. The summed E-state index contributed by atoms with van der Waals surface area (Å²) in [7, 11) is 3.26. The molecule has 4 rings (SSSR count). The number of esters is 1. The Morgan fingerprint density at radius 3 is 2.85 bits per heavy atom. The molecule has 27 heavy (non-hydrogen) atoms. The zero-order valence-corrected chi connectivity index (χ0v) is 15.8. The number of rotatable bonds is 1. The molecular weight excluding hydrogens is 344 g/mol. The third kappa shape index (κ3) is 2.40. The fraction of sp³-hybridized carbons (Fsp3) is 0.429. The van der Waals surface area contributed by atoms with Gasteiger partial charge in [0.25, 0.3) is 0 Å². The van der Waals surface area contributed by atoms with Gasteiger partial charge in [-0.05, 0) is 20.0 Å². The van der Waals surface area contributed by atoms with Gasteiger partial charge < -0.3 is 19.7 Å². The first kappa shape index (κ1) is 17.9. The van der Waals surface area contributed by atoms with Gasteiger partial charge in [-0.1, -0.05) is 29.8 Å². The molecule has 1 fully saturated rings.